The van der Waals surface area contributed by atoms with Gasteiger partial charge in [0.1, 0.15) is 11.7 Å². The lowest BCUT2D eigenvalue weighted by Crippen LogP contribution is -2.59. The lowest BCUT2D eigenvalue weighted by atomic mass is 9.83. The van der Waals surface area contributed by atoms with E-state index >= 15 is 0 Å². The van der Waals surface area contributed by atoms with Gasteiger partial charge in [-0.3, -0.25) is 14.4 Å². The van der Waals surface area contributed by atoms with Crippen molar-refractivity contribution >= 4 is 28.6 Å². The van der Waals surface area contributed by atoms with Crippen molar-refractivity contribution < 1.29 is 33.0 Å². The molecule has 1 aromatic heterocycles. The molecule has 10 nitrogen and oxygen atoms in total. The first-order chi connectivity index (χ1) is 19.7. The maximum atomic E-state index is 14.1. The molecule has 12 heteroatoms. The van der Waals surface area contributed by atoms with Crippen LogP contribution in [0.2, 0.25) is 0 Å². The highest BCUT2D eigenvalue weighted by Crippen LogP contribution is 2.28. The Labute approximate surface area is 239 Å². The second kappa shape index (κ2) is 14.2. The smallest absolute Gasteiger partial charge is 0.270 e. The van der Waals surface area contributed by atoms with Gasteiger partial charge in [-0.25, -0.2) is 8.78 Å². The number of carbonyl (C=O) groups is 3. The minimum absolute atomic E-state index is 0.0773. The molecule has 2 aliphatic rings. The van der Waals surface area contributed by atoms with E-state index in [9.17, 15) is 23.2 Å². The number of aromatic nitrogens is 1. The summed E-state index contributed by atoms with van der Waals surface area (Å²) in [5.74, 6) is -2.58. The van der Waals surface area contributed by atoms with Crippen LogP contribution in [0, 0.1) is 17.6 Å². The van der Waals surface area contributed by atoms with Crippen LogP contribution in [-0.2, 0) is 20.9 Å². The Morgan fingerprint density at radius 1 is 1.00 bits per heavy atom. The van der Waals surface area contributed by atoms with Gasteiger partial charge in [0.15, 0.2) is 11.6 Å². The van der Waals surface area contributed by atoms with Crippen LogP contribution in [0.1, 0.15) is 49.5 Å². The number of fused-ring (bicyclic) bond motifs is 1. The van der Waals surface area contributed by atoms with Crippen molar-refractivity contribution in [3.63, 3.8) is 0 Å². The van der Waals surface area contributed by atoms with Gasteiger partial charge in [-0.2, -0.15) is 0 Å². The van der Waals surface area contributed by atoms with Gasteiger partial charge in [-0.1, -0.05) is 19.3 Å². The summed E-state index contributed by atoms with van der Waals surface area (Å²) >= 11 is 0. The third kappa shape index (κ3) is 7.22. The molecular formula is C29H41F2N5O5. The Bertz CT molecular complexity index is 1220. The van der Waals surface area contributed by atoms with Gasteiger partial charge in [0, 0.05) is 44.2 Å². The van der Waals surface area contributed by atoms with E-state index in [4.69, 9.17) is 9.84 Å². The van der Waals surface area contributed by atoms with E-state index in [2.05, 4.69) is 10.6 Å². The van der Waals surface area contributed by atoms with Gasteiger partial charge in [-0.15, -0.1) is 0 Å². The summed E-state index contributed by atoms with van der Waals surface area (Å²) in [6, 6.07) is 2.65. The van der Waals surface area contributed by atoms with E-state index in [0.717, 1.165) is 44.2 Å². The molecule has 2 atom stereocenters. The Kier molecular flexibility index (Phi) is 10.7. The van der Waals surface area contributed by atoms with E-state index < -0.39 is 23.7 Å². The Morgan fingerprint density at radius 2 is 1.66 bits per heavy atom. The molecule has 3 amide bonds. The lowest BCUT2D eigenvalue weighted by Gasteiger charge is -2.39. The van der Waals surface area contributed by atoms with Gasteiger partial charge in [0.05, 0.1) is 31.4 Å². The van der Waals surface area contributed by atoms with Crippen molar-refractivity contribution in [2.24, 2.45) is 5.92 Å². The van der Waals surface area contributed by atoms with E-state index in [0.29, 0.717) is 24.0 Å². The number of nitrogens with zero attached hydrogens (tertiary/aromatic N) is 3. The van der Waals surface area contributed by atoms with Gasteiger partial charge < -0.3 is 34.8 Å². The van der Waals surface area contributed by atoms with E-state index in [1.165, 1.54) is 0 Å². The molecule has 1 aromatic carbocycles. The molecular weight excluding hydrogens is 536 g/mol. The van der Waals surface area contributed by atoms with E-state index in [1.54, 1.807) is 34.4 Å². The monoisotopic (exact) mass is 577 g/mol. The van der Waals surface area contributed by atoms with Gasteiger partial charge >= 0.3 is 0 Å². The normalized spacial score (nSPS) is 18.0. The molecule has 226 valence electrons. The van der Waals surface area contributed by atoms with Gasteiger partial charge in [-0.05, 0) is 44.9 Å². The first kappa shape index (κ1) is 30.9. The predicted octanol–water partition coefficient (Wildman–Crippen LogP) is 1.89. The first-order valence-corrected chi connectivity index (χ1v) is 14.5. The molecule has 1 aliphatic heterocycles. The number of halogens is 2. The van der Waals surface area contributed by atoms with Crippen LogP contribution < -0.4 is 10.6 Å². The average molecular weight is 578 g/mol. The summed E-state index contributed by atoms with van der Waals surface area (Å²) < 4.78 is 35.0. The number of nitrogens with one attached hydrogen (secondary N) is 2. The Hall–Kier alpha value is -3.09. The van der Waals surface area contributed by atoms with Crippen molar-refractivity contribution in [3.05, 3.63) is 35.5 Å². The number of benzene rings is 1. The highest BCUT2D eigenvalue weighted by Gasteiger charge is 2.36. The summed E-state index contributed by atoms with van der Waals surface area (Å²) in [6.45, 7) is 3.31. The quantitative estimate of drug-likeness (QED) is 0.352. The Balaban J connectivity index is 1.47. The maximum Gasteiger partial charge on any atom is 0.270 e. The highest BCUT2D eigenvalue weighted by atomic mass is 19.2. The number of carbonyl (C=O) groups excluding carboxylic acids is 3. The lowest BCUT2D eigenvalue weighted by molar-refractivity contribution is -0.140. The zero-order valence-corrected chi connectivity index (χ0v) is 23.8. The molecule has 1 aliphatic carbocycles. The van der Waals surface area contributed by atoms with Crippen molar-refractivity contribution in [3.8, 4) is 0 Å². The summed E-state index contributed by atoms with van der Waals surface area (Å²) in [5.41, 5.74) is 0.640. The van der Waals surface area contributed by atoms with Crippen LogP contribution in [0.5, 0.6) is 0 Å². The molecule has 0 radical (unpaired) electrons. The van der Waals surface area contributed by atoms with Crippen LogP contribution in [0.15, 0.2) is 18.2 Å². The molecule has 3 N–H and O–H groups in total. The maximum absolute atomic E-state index is 14.1. The number of amides is 3. The van der Waals surface area contributed by atoms with Crippen molar-refractivity contribution in [1.29, 1.82) is 0 Å². The minimum atomic E-state index is -1.01. The van der Waals surface area contributed by atoms with E-state index in [-0.39, 0.29) is 68.8 Å². The predicted molar refractivity (Wildman–Crippen MR) is 149 cm³/mol. The number of rotatable bonds is 11. The van der Waals surface area contributed by atoms with Gasteiger partial charge in [0.25, 0.3) is 5.91 Å². The van der Waals surface area contributed by atoms with Crippen LogP contribution in [0.25, 0.3) is 10.9 Å². The van der Waals surface area contributed by atoms with Crippen LogP contribution in [-0.4, -0.2) is 102 Å². The number of ether oxygens (including phenoxy) is 1. The second-order valence-corrected chi connectivity index (χ2v) is 10.9. The zero-order valence-electron chi connectivity index (χ0n) is 23.8. The molecule has 1 saturated carbocycles. The molecule has 41 heavy (non-hydrogen) atoms. The third-order valence-corrected chi connectivity index (χ3v) is 8.25. The van der Waals surface area contributed by atoms with Crippen molar-refractivity contribution in [2.75, 3.05) is 53.0 Å². The molecule has 2 heterocycles. The number of aliphatic hydroxyl groups is 1. The third-order valence-electron chi connectivity index (χ3n) is 8.25. The van der Waals surface area contributed by atoms with Crippen molar-refractivity contribution in [2.45, 2.75) is 57.7 Å². The fourth-order valence-corrected chi connectivity index (χ4v) is 5.74. The highest BCUT2D eigenvalue weighted by molar-refractivity contribution is 5.99. The van der Waals surface area contributed by atoms with E-state index in [1.807, 2.05) is 0 Å². The molecule has 2 fully saturated rings. The number of hydrogen-bond acceptors (Lipinski definition) is 6. The molecule has 4 rings (SSSR count). The van der Waals surface area contributed by atoms with Crippen LogP contribution in [0.4, 0.5) is 8.78 Å². The zero-order chi connectivity index (χ0) is 29.5. The molecule has 0 bridgehead atoms. The molecule has 2 aromatic rings. The number of hydrogen-bond donors (Lipinski definition) is 3. The fourth-order valence-electron chi connectivity index (χ4n) is 5.74. The summed E-state index contributed by atoms with van der Waals surface area (Å²) in [7, 11) is 1.70. The standard InChI is InChI=1S/C29H41F2N5O5/c1-19(32-2)27(38)33-26(20-6-4-3-5-7-20)29(40)35-10-8-34(9-11-35)28(39)25-17-21-16-22(30)23(31)18-24(21)36(25)12-14-41-15-13-37/h16-20,26,32,37H,3-15H2,1-2H3,(H,33,38)/t19-,26?/m0/s1. The fraction of sp³-hybridized carbons (Fsp3) is 0.621. The van der Waals surface area contributed by atoms with Gasteiger partial charge in [0.2, 0.25) is 11.8 Å². The molecule has 1 saturated heterocycles. The van der Waals surface area contributed by atoms with Crippen LogP contribution in [0.3, 0.4) is 0 Å². The number of likely N-dealkylation sites (N-methyl/N-ethyl adjacent to an activating group) is 1. The van der Waals surface area contributed by atoms with Crippen molar-refractivity contribution in [1.82, 2.24) is 25.0 Å². The first-order valence-electron chi connectivity index (χ1n) is 14.5. The number of aliphatic hydroxyl groups excluding tert-OH is 1. The second-order valence-electron chi connectivity index (χ2n) is 10.9. The summed E-state index contributed by atoms with van der Waals surface area (Å²) in [6.07, 6.45) is 4.96. The molecule has 0 spiro atoms. The minimum Gasteiger partial charge on any atom is -0.394 e. The topological polar surface area (TPSA) is 116 Å². The van der Waals surface area contributed by atoms with Crippen LogP contribution >= 0.6 is 0 Å². The Morgan fingerprint density at radius 3 is 2.32 bits per heavy atom. The number of piperazine rings is 1. The summed E-state index contributed by atoms with van der Waals surface area (Å²) in [4.78, 5) is 43.4. The molecule has 1 unspecified atom stereocenters. The SMILES string of the molecule is CN[C@@H](C)C(=O)NC(C(=O)N1CCN(C(=O)c2cc3cc(F)c(F)cc3n2CCOCCO)CC1)C1CCCCC1. The average Bonchev–Trinajstić information content (AvgIpc) is 3.34. The summed E-state index contributed by atoms with van der Waals surface area (Å²) in [5, 5.41) is 15.3. The largest absolute Gasteiger partial charge is 0.394 e.